The molecule has 0 unspecified atom stereocenters. The highest BCUT2D eigenvalue weighted by atomic mass is 32.2. The van der Waals surface area contributed by atoms with E-state index in [0.29, 0.717) is 45.3 Å². The second kappa shape index (κ2) is 11.6. The summed E-state index contributed by atoms with van der Waals surface area (Å²) in [5.74, 6) is -1.49. The van der Waals surface area contributed by atoms with Gasteiger partial charge in [-0.3, -0.25) is 4.79 Å². The van der Waals surface area contributed by atoms with Gasteiger partial charge in [-0.2, -0.15) is 4.31 Å². The van der Waals surface area contributed by atoms with Crippen molar-refractivity contribution in [3.8, 4) is 0 Å². The number of nitrogens with zero attached hydrogens (tertiary/aromatic N) is 5. The molecule has 1 aromatic carbocycles. The Hall–Kier alpha value is -3.53. The van der Waals surface area contributed by atoms with E-state index < -0.39 is 33.1 Å². The van der Waals surface area contributed by atoms with Crippen LogP contribution in [0.15, 0.2) is 51.8 Å². The van der Waals surface area contributed by atoms with E-state index in [1.54, 1.807) is 28.5 Å². The Morgan fingerprint density at radius 1 is 1.07 bits per heavy atom. The zero-order chi connectivity index (χ0) is 30.2. The predicted octanol–water partition coefficient (Wildman–Crippen LogP) is 1.01. The maximum absolute atomic E-state index is 14.3. The largest absolute Gasteiger partial charge is 0.504 e. The lowest BCUT2D eigenvalue weighted by molar-refractivity contribution is -0.118. The van der Waals surface area contributed by atoms with Crippen LogP contribution in [0, 0.1) is 5.82 Å². The van der Waals surface area contributed by atoms with E-state index in [-0.39, 0.29) is 60.6 Å². The molecular weight excluding hydrogens is 571 g/mol. The number of ether oxygens (including phenoxy) is 2. The van der Waals surface area contributed by atoms with Crippen LogP contribution in [0.2, 0.25) is 0 Å². The predicted molar refractivity (Wildman–Crippen MR) is 149 cm³/mol. The highest BCUT2D eigenvalue weighted by Crippen LogP contribution is 2.31. The third-order valence-corrected chi connectivity index (χ3v) is 9.69. The van der Waals surface area contributed by atoms with Crippen LogP contribution in [-0.4, -0.2) is 122 Å². The van der Waals surface area contributed by atoms with Gasteiger partial charge in [0.15, 0.2) is 11.5 Å². The van der Waals surface area contributed by atoms with Crippen molar-refractivity contribution in [2.75, 3.05) is 65.6 Å². The number of hydrogen-bond donors (Lipinski definition) is 2. The van der Waals surface area contributed by atoms with E-state index in [0.717, 1.165) is 12.1 Å². The third kappa shape index (κ3) is 5.73. The van der Waals surface area contributed by atoms with E-state index in [9.17, 15) is 27.5 Å². The number of urea groups is 1. The summed E-state index contributed by atoms with van der Waals surface area (Å²) in [6.07, 6.45) is 0. The number of hydrogen-bond acceptors (Lipinski definition) is 9. The molecule has 13 nitrogen and oxygen atoms in total. The molecule has 4 aliphatic heterocycles. The van der Waals surface area contributed by atoms with Crippen LogP contribution in [0.3, 0.4) is 0 Å². The van der Waals surface area contributed by atoms with Crippen molar-refractivity contribution in [3.05, 3.63) is 53.3 Å². The van der Waals surface area contributed by atoms with Crippen LogP contribution in [0.4, 0.5) is 9.18 Å². The number of rotatable bonds is 5. The molecular formula is C27H35FN6O7S. The van der Waals surface area contributed by atoms with Crippen LogP contribution < -0.4 is 5.32 Å². The molecule has 1 aromatic rings. The zero-order valence-electron chi connectivity index (χ0n) is 23.6. The molecule has 228 valence electrons. The third-order valence-electron chi connectivity index (χ3n) is 7.71. The Bertz CT molecular complexity index is 1450. The molecule has 0 spiro atoms. The molecule has 0 saturated carbocycles. The SMILES string of the molecule is C=C1C(O)=C(C(=O)NCc2ccc(F)cc2S(=O)(=O)N2CCN(C(=O)N3CCOCC3)CC2)N=C2N1CCOC2(C)C. The zero-order valence-corrected chi connectivity index (χ0v) is 24.5. The van der Waals surface area contributed by atoms with E-state index in [4.69, 9.17) is 9.47 Å². The summed E-state index contributed by atoms with van der Waals surface area (Å²) in [6.45, 7) is 10.3. The summed E-state index contributed by atoms with van der Waals surface area (Å²) in [6, 6.07) is 3.16. The van der Waals surface area contributed by atoms with Gasteiger partial charge < -0.3 is 34.6 Å². The van der Waals surface area contributed by atoms with E-state index in [1.807, 2.05) is 0 Å². The molecule has 0 aromatic heterocycles. The van der Waals surface area contributed by atoms with Crippen LogP contribution in [0.1, 0.15) is 19.4 Å². The van der Waals surface area contributed by atoms with Gasteiger partial charge in [0.2, 0.25) is 10.0 Å². The number of halogens is 1. The fourth-order valence-electron chi connectivity index (χ4n) is 5.31. The van der Waals surface area contributed by atoms with Crippen molar-refractivity contribution in [2.45, 2.75) is 30.9 Å². The van der Waals surface area contributed by atoms with Gasteiger partial charge >= 0.3 is 6.03 Å². The highest BCUT2D eigenvalue weighted by Gasteiger charge is 2.41. The molecule has 0 bridgehead atoms. The molecule has 4 heterocycles. The van der Waals surface area contributed by atoms with Crippen LogP contribution >= 0.6 is 0 Å². The average Bonchev–Trinajstić information content (AvgIpc) is 2.98. The first kappa shape index (κ1) is 29.9. The molecule has 3 amide bonds. The minimum absolute atomic E-state index is 0.0371. The highest BCUT2D eigenvalue weighted by molar-refractivity contribution is 7.89. The molecule has 3 fully saturated rings. The number of benzene rings is 1. The number of piperazine rings is 1. The monoisotopic (exact) mass is 606 g/mol. The van der Waals surface area contributed by atoms with E-state index in [1.165, 1.54) is 10.4 Å². The maximum atomic E-state index is 14.3. The van der Waals surface area contributed by atoms with Crippen molar-refractivity contribution in [3.63, 3.8) is 0 Å². The van der Waals surface area contributed by atoms with Gasteiger partial charge in [-0.25, -0.2) is 22.6 Å². The first-order chi connectivity index (χ1) is 19.9. The van der Waals surface area contributed by atoms with Crippen LogP contribution in [0.5, 0.6) is 0 Å². The smallest absolute Gasteiger partial charge is 0.320 e. The minimum Gasteiger partial charge on any atom is -0.504 e. The number of carbonyl (C=O) groups excluding carboxylic acids is 2. The van der Waals surface area contributed by atoms with Gasteiger partial charge in [0.25, 0.3) is 5.91 Å². The Kier molecular flexibility index (Phi) is 8.29. The number of sulfonamides is 1. The Balaban J connectivity index is 1.29. The van der Waals surface area contributed by atoms with Gasteiger partial charge in [0, 0.05) is 52.4 Å². The quantitative estimate of drug-likeness (QED) is 0.506. The fraction of sp³-hybridized carbons (Fsp3) is 0.519. The second-order valence-electron chi connectivity index (χ2n) is 10.8. The molecule has 42 heavy (non-hydrogen) atoms. The van der Waals surface area contributed by atoms with Crippen molar-refractivity contribution in [1.82, 2.24) is 24.3 Å². The first-order valence-electron chi connectivity index (χ1n) is 13.7. The summed E-state index contributed by atoms with van der Waals surface area (Å²) in [7, 11) is -4.17. The summed E-state index contributed by atoms with van der Waals surface area (Å²) < 4.78 is 53.8. The van der Waals surface area contributed by atoms with Crippen molar-refractivity contribution >= 4 is 27.8 Å². The first-order valence-corrected chi connectivity index (χ1v) is 15.2. The molecule has 5 rings (SSSR count). The molecule has 0 radical (unpaired) electrons. The molecule has 3 saturated heterocycles. The second-order valence-corrected chi connectivity index (χ2v) is 12.7. The fourth-order valence-corrected chi connectivity index (χ4v) is 6.97. The van der Waals surface area contributed by atoms with Gasteiger partial charge in [-0.15, -0.1) is 0 Å². The van der Waals surface area contributed by atoms with Gasteiger partial charge in [-0.05, 0) is 31.5 Å². The van der Waals surface area contributed by atoms with Gasteiger partial charge in [0.05, 0.1) is 30.4 Å². The van der Waals surface area contributed by atoms with Gasteiger partial charge in [-0.1, -0.05) is 12.6 Å². The number of aliphatic hydroxyl groups is 1. The minimum atomic E-state index is -4.17. The lowest BCUT2D eigenvalue weighted by Crippen LogP contribution is -2.55. The average molecular weight is 607 g/mol. The standard InChI is InChI=1S/C27H35FN6O7S/c1-18-23(35)22(30-25-27(2,3)41-15-12-34(18)25)24(36)29-17-19-4-5-20(28)16-21(19)42(38,39)33-8-6-31(7-9-33)26(37)32-10-13-40-14-11-32/h4-5,16,35H,1,6-15,17H2,2-3H3,(H,29,36). The number of nitrogens with one attached hydrogen (secondary N) is 1. The number of aliphatic hydroxyl groups excluding tert-OH is 1. The summed E-state index contributed by atoms with van der Waals surface area (Å²) in [4.78, 5) is 35.0. The van der Waals surface area contributed by atoms with Gasteiger partial charge in [0.1, 0.15) is 17.3 Å². The van der Waals surface area contributed by atoms with E-state index >= 15 is 0 Å². The number of amides is 3. The van der Waals surface area contributed by atoms with Crippen LogP contribution in [0.25, 0.3) is 0 Å². The van der Waals surface area contributed by atoms with E-state index in [2.05, 4.69) is 16.9 Å². The Labute approximate surface area is 243 Å². The maximum Gasteiger partial charge on any atom is 0.320 e. The van der Waals surface area contributed by atoms with Crippen molar-refractivity contribution < 1.29 is 37.0 Å². The number of aliphatic imine (C=N–C) groups is 1. The summed E-state index contributed by atoms with van der Waals surface area (Å²) in [5, 5.41) is 13.3. The number of amidine groups is 1. The van der Waals surface area contributed by atoms with Crippen LogP contribution in [-0.2, 0) is 30.8 Å². The van der Waals surface area contributed by atoms with Crippen molar-refractivity contribution in [2.24, 2.45) is 4.99 Å². The lowest BCUT2D eigenvalue weighted by atomic mass is 10.0. The Morgan fingerprint density at radius 2 is 1.74 bits per heavy atom. The molecule has 2 N–H and O–H groups in total. The molecule has 0 aliphatic carbocycles. The summed E-state index contributed by atoms with van der Waals surface area (Å²) >= 11 is 0. The Morgan fingerprint density at radius 3 is 2.43 bits per heavy atom. The normalized spacial score (nSPS) is 21.6. The molecule has 15 heteroatoms. The number of fused-ring (bicyclic) bond motifs is 1. The number of carbonyl (C=O) groups is 2. The van der Waals surface area contributed by atoms with Crippen molar-refractivity contribution in [1.29, 1.82) is 0 Å². The number of morpholine rings is 2. The molecule has 4 aliphatic rings. The summed E-state index contributed by atoms with van der Waals surface area (Å²) in [5.41, 5.74) is -0.750. The molecule has 0 atom stereocenters. The topological polar surface area (TPSA) is 144 Å². The lowest BCUT2D eigenvalue weighted by Gasteiger charge is -2.43.